The molecule has 2 aliphatic heterocycles. The number of esters is 1. The van der Waals surface area contributed by atoms with E-state index in [1.807, 2.05) is 19.9 Å². The molecule has 33 heavy (non-hydrogen) atoms. The Morgan fingerprint density at radius 2 is 2.06 bits per heavy atom. The summed E-state index contributed by atoms with van der Waals surface area (Å²) >= 11 is 0. The summed E-state index contributed by atoms with van der Waals surface area (Å²) in [7, 11) is 1.73. The molecule has 0 aromatic rings. The predicted molar refractivity (Wildman–Crippen MR) is 127 cm³/mol. The van der Waals surface area contributed by atoms with Crippen LogP contribution in [0.15, 0.2) is 46.4 Å². The smallest absolute Gasteiger partial charge is 0.302 e. The summed E-state index contributed by atoms with van der Waals surface area (Å²) in [5.41, 5.74) is 4.90. The van der Waals surface area contributed by atoms with Gasteiger partial charge >= 0.3 is 5.97 Å². The summed E-state index contributed by atoms with van der Waals surface area (Å²) in [6.07, 6.45) is 9.77. The summed E-state index contributed by atoms with van der Waals surface area (Å²) in [4.78, 5) is 27.0. The number of methoxy groups -OCH3 is 1. The molecule has 0 radical (unpaired) electrons. The molecule has 7 nitrogen and oxygen atoms in total. The third-order valence-electron chi connectivity index (χ3n) is 5.98. The van der Waals surface area contributed by atoms with Crippen molar-refractivity contribution in [2.75, 3.05) is 20.3 Å². The van der Waals surface area contributed by atoms with Crippen LogP contribution in [-0.2, 0) is 28.5 Å². The largest absolute Gasteiger partial charge is 0.490 e. The van der Waals surface area contributed by atoms with Gasteiger partial charge in [-0.05, 0) is 57.3 Å². The third-order valence-corrected chi connectivity index (χ3v) is 5.98. The highest BCUT2D eigenvalue weighted by Gasteiger charge is 2.31. The van der Waals surface area contributed by atoms with E-state index in [1.165, 1.54) is 19.1 Å². The molecule has 0 aromatic carbocycles. The molecule has 2 fully saturated rings. The predicted octanol–water partition coefficient (Wildman–Crippen LogP) is 4.48. The van der Waals surface area contributed by atoms with Gasteiger partial charge in [-0.25, -0.2) is 4.99 Å². The van der Waals surface area contributed by atoms with Gasteiger partial charge in [-0.15, -0.1) is 0 Å². The van der Waals surface area contributed by atoms with Crippen molar-refractivity contribution in [2.45, 2.75) is 78.1 Å². The molecular formula is C26H37NO6. The zero-order chi connectivity index (χ0) is 24.4. The Labute approximate surface area is 197 Å². The van der Waals surface area contributed by atoms with Crippen molar-refractivity contribution in [3.8, 4) is 0 Å². The first-order chi connectivity index (χ1) is 15.6. The van der Waals surface area contributed by atoms with Crippen molar-refractivity contribution in [2.24, 2.45) is 10.9 Å². The Kier molecular flexibility index (Phi) is 10.3. The lowest BCUT2D eigenvalue weighted by Gasteiger charge is -2.34. The molecule has 4 atom stereocenters. The lowest BCUT2D eigenvalue weighted by molar-refractivity contribution is -0.139. The molecule has 2 saturated heterocycles. The van der Waals surface area contributed by atoms with E-state index in [-0.39, 0.29) is 42.2 Å². The Balaban J connectivity index is 1.92. The zero-order valence-corrected chi connectivity index (χ0v) is 20.7. The first-order valence-corrected chi connectivity index (χ1v) is 11.5. The van der Waals surface area contributed by atoms with Crippen LogP contribution < -0.4 is 0 Å². The van der Waals surface area contributed by atoms with Crippen molar-refractivity contribution >= 4 is 17.6 Å². The second-order valence-electron chi connectivity index (χ2n) is 8.97. The lowest BCUT2D eigenvalue weighted by atomic mass is 9.90. The molecule has 7 heteroatoms. The second kappa shape index (κ2) is 12.7. The molecule has 0 saturated carbocycles. The van der Waals surface area contributed by atoms with E-state index < -0.39 is 0 Å². The lowest BCUT2D eigenvalue weighted by Crippen LogP contribution is -2.39. The normalized spacial score (nSPS) is 29.5. The summed E-state index contributed by atoms with van der Waals surface area (Å²) < 4.78 is 22.2. The zero-order valence-electron chi connectivity index (χ0n) is 20.7. The van der Waals surface area contributed by atoms with Crippen molar-refractivity contribution in [3.05, 3.63) is 41.4 Å². The molecule has 182 valence electrons. The van der Waals surface area contributed by atoms with Gasteiger partial charge in [0.25, 0.3) is 5.91 Å². The number of amides is 1. The maximum absolute atomic E-state index is 12.1. The molecule has 1 amide bonds. The SMILES string of the molecule is COC1(C)CCOC(=C=C/C(C)=C/CC2OC(C)/C(=N\C(=O)/C=C\COC(C)=O)CC2C)C1. The monoisotopic (exact) mass is 459 g/mol. The molecule has 2 heterocycles. The number of ether oxygens (including phenoxy) is 4. The van der Waals surface area contributed by atoms with Crippen LogP contribution in [0.2, 0.25) is 0 Å². The van der Waals surface area contributed by atoms with E-state index in [9.17, 15) is 9.59 Å². The van der Waals surface area contributed by atoms with Crippen LogP contribution in [0.3, 0.4) is 0 Å². The number of hydrogen-bond acceptors (Lipinski definition) is 6. The molecule has 4 unspecified atom stereocenters. The van der Waals surface area contributed by atoms with Crippen LogP contribution in [0, 0.1) is 5.92 Å². The Morgan fingerprint density at radius 1 is 1.30 bits per heavy atom. The number of carbonyl (C=O) groups is 2. The van der Waals surface area contributed by atoms with Gasteiger partial charge in [0.2, 0.25) is 0 Å². The van der Waals surface area contributed by atoms with Crippen LogP contribution >= 0.6 is 0 Å². The van der Waals surface area contributed by atoms with Gasteiger partial charge < -0.3 is 18.9 Å². The summed E-state index contributed by atoms with van der Waals surface area (Å²) in [6, 6.07) is 0. The minimum absolute atomic E-state index is 0.0484. The Bertz CT molecular complexity index is 864. The average Bonchev–Trinajstić information content (AvgIpc) is 2.76. The van der Waals surface area contributed by atoms with Gasteiger partial charge in [0, 0.05) is 33.0 Å². The number of nitrogens with zero attached hydrogens (tertiary/aromatic N) is 1. The van der Waals surface area contributed by atoms with Gasteiger partial charge in [-0.2, -0.15) is 0 Å². The fourth-order valence-corrected chi connectivity index (χ4v) is 3.71. The highest BCUT2D eigenvalue weighted by molar-refractivity contribution is 6.02. The topological polar surface area (TPSA) is 83.4 Å². The van der Waals surface area contributed by atoms with E-state index in [0.29, 0.717) is 19.4 Å². The minimum Gasteiger partial charge on any atom is -0.490 e. The van der Waals surface area contributed by atoms with Gasteiger partial charge in [0.05, 0.1) is 30.1 Å². The molecule has 0 spiro atoms. The quantitative estimate of drug-likeness (QED) is 0.242. The number of aliphatic imine (C=N–C) groups is 1. The Hall–Kier alpha value is -2.47. The second-order valence-corrected chi connectivity index (χ2v) is 8.97. The fraction of sp³-hybridized carbons (Fsp3) is 0.615. The van der Waals surface area contributed by atoms with E-state index in [2.05, 4.69) is 30.6 Å². The number of rotatable bonds is 7. The van der Waals surface area contributed by atoms with E-state index >= 15 is 0 Å². The summed E-state index contributed by atoms with van der Waals surface area (Å²) in [5.74, 6) is 0.289. The van der Waals surface area contributed by atoms with Crippen LogP contribution in [0.5, 0.6) is 0 Å². The summed E-state index contributed by atoms with van der Waals surface area (Å²) in [5, 5.41) is 0. The van der Waals surface area contributed by atoms with E-state index in [1.54, 1.807) is 7.11 Å². The van der Waals surface area contributed by atoms with Gasteiger partial charge in [0.15, 0.2) is 0 Å². The fourth-order valence-electron chi connectivity index (χ4n) is 3.71. The third kappa shape index (κ3) is 9.12. The first-order valence-electron chi connectivity index (χ1n) is 11.5. The van der Waals surface area contributed by atoms with Crippen LogP contribution in [-0.4, -0.2) is 55.7 Å². The molecule has 2 aliphatic rings. The molecule has 0 aliphatic carbocycles. The number of allylic oxidation sites excluding steroid dienone is 1. The van der Waals surface area contributed by atoms with Crippen molar-refractivity contribution < 1.29 is 28.5 Å². The van der Waals surface area contributed by atoms with Crippen LogP contribution in [0.25, 0.3) is 0 Å². The van der Waals surface area contributed by atoms with Crippen LogP contribution in [0.1, 0.15) is 60.3 Å². The number of hydrogen-bond donors (Lipinski definition) is 0. The molecule has 2 rings (SSSR count). The van der Waals surface area contributed by atoms with Crippen LogP contribution in [0.4, 0.5) is 0 Å². The highest BCUT2D eigenvalue weighted by atomic mass is 16.5. The van der Waals surface area contributed by atoms with Gasteiger partial charge in [-0.3, -0.25) is 9.59 Å². The standard InChI is InChI=1S/C26H37NO6/c1-18(9-11-22-17-26(5,30-6)13-15-32-22)10-12-24-19(2)16-23(20(3)33-24)27-25(29)8-7-14-31-21(4)28/h7-10,19-20,24H,12-17H2,1-6H3/b8-7-,18-10+,27-23-. The maximum Gasteiger partial charge on any atom is 0.302 e. The first kappa shape index (κ1) is 26.8. The van der Waals surface area contributed by atoms with Gasteiger partial charge in [0.1, 0.15) is 12.4 Å². The number of carbonyl (C=O) groups excluding carboxylic acids is 2. The van der Waals surface area contributed by atoms with E-state index in [0.717, 1.165) is 29.9 Å². The summed E-state index contributed by atoms with van der Waals surface area (Å²) in [6.45, 7) is 10.2. The molecule has 0 aromatic heterocycles. The van der Waals surface area contributed by atoms with Gasteiger partial charge in [-0.1, -0.05) is 18.7 Å². The molecular weight excluding hydrogens is 422 g/mol. The molecule has 0 N–H and O–H groups in total. The minimum atomic E-state index is -0.389. The maximum atomic E-state index is 12.1. The molecule has 0 bridgehead atoms. The average molecular weight is 460 g/mol. The van der Waals surface area contributed by atoms with E-state index in [4.69, 9.17) is 18.9 Å². The van der Waals surface area contributed by atoms with Crippen molar-refractivity contribution in [1.82, 2.24) is 0 Å². The van der Waals surface area contributed by atoms with Crippen molar-refractivity contribution in [3.63, 3.8) is 0 Å². The van der Waals surface area contributed by atoms with Crippen molar-refractivity contribution in [1.29, 1.82) is 0 Å². The highest BCUT2D eigenvalue weighted by Crippen LogP contribution is 2.29. The Morgan fingerprint density at radius 3 is 2.76 bits per heavy atom.